The molecule has 1 aromatic rings. The third kappa shape index (κ3) is 3.10. The van der Waals surface area contributed by atoms with Gasteiger partial charge in [-0.15, -0.1) is 6.42 Å². The normalized spacial score (nSPS) is 11.6. The highest BCUT2D eigenvalue weighted by Crippen LogP contribution is 2.15. The van der Waals surface area contributed by atoms with E-state index >= 15 is 0 Å². The molecule has 0 fully saturated rings. The van der Waals surface area contributed by atoms with Crippen LogP contribution in [0, 0.1) is 22.5 Å². The van der Waals surface area contributed by atoms with Gasteiger partial charge in [-0.1, -0.05) is 19.3 Å². The molecule has 0 aliphatic heterocycles. The van der Waals surface area contributed by atoms with Crippen molar-refractivity contribution in [1.82, 2.24) is 9.88 Å². The number of hydrogen-bond acceptors (Lipinski definition) is 3. The summed E-state index contributed by atoms with van der Waals surface area (Å²) >= 11 is 0. The zero-order chi connectivity index (χ0) is 13.7. The van der Waals surface area contributed by atoms with Gasteiger partial charge in [-0.25, -0.2) is 0 Å². The van der Waals surface area contributed by atoms with Crippen LogP contribution in [0.3, 0.4) is 0 Å². The van der Waals surface area contributed by atoms with Gasteiger partial charge in [-0.2, -0.15) is 0 Å². The number of carbonyl (C=O) groups excluding carboxylic acids is 1. The largest absolute Gasteiger partial charge is 0.340 e. The van der Waals surface area contributed by atoms with Crippen LogP contribution < -0.4 is 5.32 Å². The van der Waals surface area contributed by atoms with E-state index in [1.165, 1.54) is 16.8 Å². The predicted octanol–water partition coefficient (Wildman–Crippen LogP) is 1.47. The number of amides is 1. The van der Waals surface area contributed by atoms with Crippen LogP contribution >= 0.6 is 0 Å². The van der Waals surface area contributed by atoms with Crippen LogP contribution in [0.1, 0.15) is 30.3 Å². The zero-order valence-corrected chi connectivity index (χ0v) is 10.3. The summed E-state index contributed by atoms with van der Waals surface area (Å²) in [6, 6.07) is 0.881. The molecule has 0 aliphatic carbocycles. The van der Waals surface area contributed by atoms with E-state index in [1.807, 2.05) is 6.92 Å². The van der Waals surface area contributed by atoms with E-state index in [1.54, 1.807) is 7.05 Å². The third-order valence-electron chi connectivity index (χ3n) is 2.52. The van der Waals surface area contributed by atoms with Crippen molar-refractivity contribution in [3.8, 4) is 12.3 Å². The predicted molar refractivity (Wildman–Crippen MR) is 67.1 cm³/mol. The van der Waals surface area contributed by atoms with E-state index in [4.69, 9.17) is 6.42 Å². The molecule has 0 aromatic carbocycles. The summed E-state index contributed by atoms with van der Waals surface area (Å²) in [7, 11) is 1.58. The number of nitro groups is 1. The minimum atomic E-state index is -0.540. The number of nitrogens with one attached hydrogen (secondary N) is 1. The van der Waals surface area contributed by atoms with Crippen molar-refractivity contribution in [3.05, 3.63) is 28.1 Å². The Morgan fingerprint density at radius 3 is 2.83 bits per heavy atom. The van der Waals surface area contributed by atoms with Crippen LogP contribution in [-0.2, 0) is 7.05 Å². The maximum atomic E-state index is 11.9. The van der Waals surface area contributed by atoms with Crippen molar-refractivity contribution in [3.63, 3.8) is 0 Å². The van der Waals surface area contributed by atoms with Crippen molar-refractivity contribution in [2.45, 2.75) is 25.8 Å². The van der Waals surface area contributed by atoms with E-state index < -0.39 is 10.8 Å². The van der Waals surface area contributed by atoms with Crippen molar-refractivity contribution >= 4 is 11.6 Å². The molecule has 6 nitrogen and oxygen atoms in total. The van der Waals surface area contributed by atoms with Gasteiger partial charge in [0.25, 0.3) is 11.6 Å². The van der Waals surface area contributed by atoms with Gasteiger partial charge in [-0.3, -0.25) is 14.9 Å². The first-order chi connectivity index (χ1) is 8.49. The van der Waals surface area contributed by atoms with Gasteiger partial charge in [0.2, 0.25) is 0 Å². The molecule has 1 aromatic heterocycles. The van der Waals surface area contributed by atoms with Crippen molar-refractivity contribution in [2.24, 2.45) is 7.05 Å². The molecule has 1 amide bonds. The summed E-state index contributed by atoms with van der Waals surface area (Å²) in [5.41, 5.74) is 0.105. The fourth-order valence-corrected chi connectivity index (χ4v) is 1.59. The monoisotopic (exact) mass is 249 g/mol. The van der Waals surface area contributed by atoms with Gasteiger partial charge in [-0.05, 0) is 6.42 Å². The SMILES string of the molecule is C#CC(CCC)NC(=O)c1cc([N+](=O)[O-])cn1C. The summed E-state index contributed by atoms with van der Waals surface area (Å²) in [6.07, 6.45) is 8.11. The topological polar surface area (TPSA) is 77.2 Å². The second kappa shape index (κ2) is 5.87. The Balaban J connectivity index is 2.84. The number of rotatable bonds is 5. The van der Waals surface area contributed by atoms with E-state index in [0.717, 1.165) is 6.42 Å². The molecule has 0 aliphatic rings. The van der Waals surface area contributed by atoms with E-state index in [2.05, 4.69) is 11.2 Å². The van der Waals surface area contributed by atoms with Crippen LogP contribution in [0.2, 0.25) is 0 Å². The standard InChI is InChI=1S/C12H15N3O3/c1-4-6-9(5-2)13-12(16)11-7-10(15(17)18)8-14(11)3/h2,7-9H,4,6H2,1,3H3,(H,13,16). The Morgan fingerprint density at radius 2 is 2.39 bits per heavy atom. The number of nitrogens with zero attached hydrogens (tertiary/aromatic N) is 2. The highest BCUT2D eigenvalue weighted by Gasteiger charge is 2.19. The maximum absolute atomic E-state index is 11.9. The molecule has 1 atom stereocenters. The summed E-state index contributed by atoms with van der Waals surface area (Å²) < 4.78 is 1.41. The van der Waals surface area contributed by atoms with Crippen LogP contribution in [0.5, 0.6) is 0 Å². The number of terminal acetylenes is 1. The maximum Gasteiger partial charge on any atom is 0.287 e. The molecule has 18 heavy (non-hydrogen) atoms. The summed E-state index contributed by atoms with van der Waals surface area (Å²) in [5.74, 6) is 2.08. The lowest BCUT2D eigenvalue weighted by atomic mass is 10.2. The smallest absolute Gasteiger partial charge is 0.287 e. The Kier molecular flexibility index (Phi) is 4.49. The second-order valence-electron chi connectivity index (χ2n) is 3.93. The molecule has 0 saturated heterocycles. The molecule has 1 heterocycles. The number of aromatic nitrogens is 1. The fourth-order valence-electron chi connectivity index (χ4n) is 1.59. The summed E-state index contributed by atoms with van der Waals surface area (Å²) in [4.78, 5) is 22.0. The average molecular weight is 249 g/mol. The minimum Gasteiger partial charge on any atom is -0.340 e. The molecule has 6 heteroatoms. The lowest BCUT2D eigenvalue weighted by molar-refractivity contribution is -0.384. The Labute approximate surface area is 105 Å². The molecule has 1 N–H and O–H groups in total. The number of carbonyl (C=O) groups is 1. The van der Waals surface area contributed by atoms with Gasteiger partial charge in [0.05, 0.1) is 17.2 Å². The highest BCUT2D eigenvalue weighted by molar-refractivity contribution is 5.93. The van der Waals surface area contributed by atoms with Crippen molar-refractivity contribution < 1.29 is 9.72 Å². The highest BCUT2D eigenvalue weighted by atomic mass is 16.6. The molecule has 0 radical (unpaired) electrons. The first kappa shape index (κ1) is 13.8. The second-order valence-corrected chi connectivity index (χ2v) is 3.93. The van der Waals surface area contributed by atoms with Gasteiger partial charge >= 0.3 is 0 Å². The van der Waals surface area contributed by atoms with E-state index in [-0.39, 0.29) is 17.4 Å². The summed E-state index contributed by atoms with van der Waals surface area (Å²) in [6.45, 7) is 1.96. The molecule has 1 rings (SSSR count). The Bertz CT molecular complexity index is 499. The van der Waals surface area contributed by atoms with Crippen molar-refractivity contribution in [2.75, 3.05) is 0 Å². The lowest BCUT2D eigenvalue weighted by Gasteiger charge is -2.11. The summed E-state index contributed by atoms with van der Waals surface area (Å²) in [5, 5.41) is 13.3. The minimum absolute atomic E-state index is 0.115. The Hall–Kier alpha value is -2.29. The first-order valence-electron chi connectivity index (χ1n) is 5.57. The van der Waals surface area contributed by atoms with Gasteiger partial charge in [0.1, 0.15) is 5.69 Å². The third-order valence-corrected chi connectivity index (χ3v) is 2.52. The quantitative estimate of drug-likeness (QED) is 0.487. The molecule has 1 unspecified atom stereocenters. The first-order valence-corrected chi connectivity index (χ1v) is 5.57. The number of hydrogen-bond donors (Lipinski definition) is 1. The molecule has 0 spiro atoms. The van der Waals surface area contributed by atoms with Gasteiger partial charge in [0.15, 0.2) is 0 Å². The molecule has 96 valence electrons. The fraction of sp³-hybridized carbons (Fsp3) is 0.417. The Morgan fingerprint density at radius 1 is 1.72 bits per heavy atom. The zero-order valence-electron chi connectivity index (χ0n) is 10.3. The van der Waals surface area contributed by atoms with Crippen LogP contribution in [0.15, 0.2) is 12.3 Å². The van der Waals surface area contributed by atoms with Gasteiger partial charge < -0.3 is 9.88 Å². The molecule has 0 saturated carbocycles. The van der Waals surface area contributed by atoms with Crippen LogP contribution in [-0.4, -0.2) is 21.4 Å². The van der Waals surface area contributed by atoms with Gasteiger partial charge in [0, 0.05) is 13.1 Å². The van der Waals surface area contributed by atoms with Crippen LogP contribution in [0.25, 0.3) is 0 Å². The van der Waals surface area contributed by atoms with E-state index in [0.29, 0.717) is 6.42 Å². The lowest BCUT2D eigenvalue weighted by Crippen LogP contribution is -2.34. The molecular weight excluding hydrogens is 234 g/mol. The average Bonchev–Trinajstić information content (AvgIpc) is 2.71. The van der Waals surface area contributed by atoms with Crippen molar-refractivity contribution in [1.29, 1.82) is 0 Å². The van der Waals surface area contributed by atoms with Crippen LogP contribution in [0.4, 0.5) is 5.69 Å². The van der Waals surface area contributed by atoms with E-state index in [9.17, 15) is 14.9 Å². The number of aryl methyl sites for hydroxylation is 1. The molecular formula is C12H15N3O3. The molecule has 0 bridgehead atoms.